The number of pyridine rings is 1. The molecule has 1 aliphatic heterocycles. The standard InChI is InChI=1S/C15H15N3O3/c1-21-12-4-2-3-10-9(12)7-8-16-14(10)17-11-5-6-13(19)18-15(11)20/h2-4,7-8,11H,5-6H2,1H3,(H,16,17)(H,18,19,20). The van der Waals surface area contributed by atoms with Crippen LogP contribution in [0.15, 0.2) is 30.5 Å². The second-order valence-corrected chi connectivity index (χ2v) is 4.86. The number of nitrogens with one attached hydrogen (secondary N) is 2. The number of rotatable bonds is 3. The predicted molar refractivity (Wildman–Crippen MR) is 78.1 cm³/mol. The van der Waals surface area contributed by atoms with Crippen molar-refractivity contribution in [2.45, 2.75) is 18.9 Å². The van der Waals surface area contributed by atoms with E-state index in [1.807, 2.05) is 24.3 Å². The number of fused-ring (bicyclic) bond motifs is 1. The molecule has 1 aliphatic rings. The second-order valence-electron chi connectivity index (χ2n) is 4.86. The largest absolute Gasteiger partial charge is 0.496 e. The van der Waals surface area contributed by atoms with Crippen LogP contribution in [0, 0.1) is 0 Å². The van der Waals surface area contributed by atoms with E-state index in [-0.39, 0.29) is 11.8 Å². The summed E-state index contributed by atoms with van der Waals surface area (Å²) in [6.45, 7) is 0. The number of hydrogen-bond donors (Lipinski definition) is 2. The highest BCUT2D eigenvalue weighted by atomic mass is 16.5. The zero-order valence-corrected chi connectivity index (χ0v) is 11.6. The summed E-state index contributed by atoms with van der Waals surface area (Å²) in [7, 11) is 1.61. The number of piperidine rings is 1. The molecule has 1 atom stereocenters. The molecule has 6 heteroatoms. The average Bonchev–Trinajstić information content (AvgIpc) is 2.49. The molecule has 1 saturated heterocycles. The maximum Gasteiger partial charge on any atom is 0.249 e. The Kier molecular flexibility index (Phi) is 3.43. The van der Waals surface area contributed by atoms with Crippen molar-refractivity contribution in [3.63, 3.8) is 0 Å². The van der Waals surface area contributed by atoms with Crippen LogP contribution in [0.25, 0.3) is 10.8 Å². The minimum atomic E-state index is -0.452. The van der Waals surface area contributed by atoms with Crippen LogP contribution in [0.2, 0.25) is 0 Å². The van der Waals surface area contributed by atoms with E-state index in [2.05, 4.69) is 15.6 Å². The molecule has 0 bridgehead atoms. The number of benzene rings is 1. The molecule has 108 valence electrons. The first kappa shape index (κ1) is 13.4. The lowest BCUT2D eigenvalue weighted by Gasteiger charge is -2.23. The van der Waals surface area contributed by atoms with E-state index < -0.39 is 6.04 Å². The molecule has 2 N–H and O–H groups in total. The average molecular weight is 285 g/mol. The van der Waals surface area contributed by atoms with Crippen molar-refractivity contribution < 1.29 is 14.3 Å². The number of amides is 2. The van der Waals surface area contributed by atoms with Crippen molar-refractivity contribution in [3.05, 3.63) is 30.5 Å². The summed E-state index contributed by atoms with van der Waals surface area (Å²) < 4.78 is 5.33. The fourth-order valence-electron chi connectivity index (χ4n) is 2.47. The Labute approximate surface area is 121 Å². The Morgan fingerprint density at radius 1 is 1.29 bits per heavy atom. The molecule has 0 radical (unpaired) electrons. The van der Waals surface area contributed by atoms with E-state index in [1.54, 1.807) is 13.3 Å². The molecule has 3 rings (SSSR count). The topological polar surface area (TPSA) is 80.3 Å². The van der Waals surface area contributed by atoms with Crippen LogP contribution in [0.3, 0.4) is 0 Å². The number of carbonyl (C=O) groups is 2. The van der Waals surface area contributed by atoms with E-state index in [4.69, 9.17) is 4.74 Å². The van der Waals surface area contributed by atoms with E-state index in [0.29, 0.717) is 18.7 Å². The smallest absolute Gasteiger partial charge is 0.249 e. The van der Waals surface area contributed by atoms with Gasteiger partial charge in [0, 0.05) is 23.4 Å². The summed E-state index contributed by atoms with van der Waals surface area (Å²) in [4.78, 5) is 27.3. The van der Waals surface area contributed by atoms with E-state index >= 15 is 0 Å². The van der Waals surface area contributed by atoms with Gasteiger partial charge in [-0.25, -0.2) is 4.98 Å². The molecule has 21 heavy (non-hydrogen) atoms. The van der Waals surface area contributed by atoms with Crippen LogP contribution in [-0.2, 0) is 9.59 Å². The molecule has 1 fully saturated rings. The molecule has 2 aromatic rings. The highest BCUT2D eigenvalue weighted by Gasteiger charge is 2.27. The van der Waals surface area contributed by atoms with Gasteiger partial charge in [-0.15, -0.1) is 0 Å². The number of methoxy groups -OCH3 is 1. The van der Waals surface area contributed by atoms with Gasteiger partial charge >= 0.3 is 0 Å². The number of anilines is 1. The third-order valence-electron chi connectivity index (χ3n) is 3.54. The summed E-state index contributed by atoms with van der Waals surface area (Å²) in [6, 6.07) is 7.08. The van der Waals surface area contributed by atoms with Crippen LogP contribution in [0.1, 0.15) is 12.8 Å². The first-order chi connectivity index (χ1) is 10.2. The van der Waals surface area contributed by atoms with Gasteiger partial charge in [0.25, 0.3) is 0 Å². The van der Waals surface area contributed by atoms with Crippen molar-refractivity contribution in [1.82, 2.24) is 10.3 Å². The van der Waals surface area contributed by atoms with Gasteiger partial charge in [-0.3, -0.25) is 14.9 Å². The van der Waals surface area contributed by atoms with Gasteiger partial charge in [-0.1, -0.05) is 12.1 Å². The Bertz CT molecular complexity index is 714. The fourth-order valence-corrected chi connectivity index (χ4v) is 2.47. The predicted octanol–water partition coefficient (Wildman–Crippen LogP) is 1.46. The highest BCUT2D eigenvalue weighted by molar-refractivity contribution is 6.03. The summed E-state index contributed by atoms with van der Waals surface area (Å²) in [5.74, 6) is 0.820. The maximum absolute atomic E-state index is 11.8. The summed E-state index contributed by atoms with van der Waals surface area (Å²) >= 11 is 0. The summed E-state index contributed by atoms with van der Waals surface area (Å²) in [6.07, 6.45) is 2.46. The van der Waals surface area contributed by atoms with Gasteiger partial charge in [0.1, 0.15) is 17.6 Å². The Morgan fingerprint density at radius 2 is 2.14 bits per heavy atom. The van der Waals surface area contributed by atoms with E-state index in [9.17, 15) is 9.59 Å². The molecular formula is C15H15N3O3. The third-order valence-corrected chi connectivity index (χ3v) is 3.54. The monoisotopic (exact) mass is 285 g/mol. The fraction of sp³-hybridized carbons (Fsp3) is 0.267. The molecule has 1 unspecified atom stereocenters. The van der Waals surface area contributed by atoms with Crippen molar-refractivity contribution in [2.75, 3.05) is 12.4 Å². The van der Waals surface area contributed by atoms with Crippen molar-refractivity contribution in [2.24, 2.45) is 0 Å². The number of imide groups is 1. The molecule has 1 aromatic heterocycles. The number of carbonyl (C=O) groups excluding carboxylic acids is 2. The van der Waals surface area contributed by atoms with Gasteiger partial charge in [0.05, 0.1) is 7.11 Å². The second kappa shape index (κ2) is 5.40. The molecular weight excluding hydrogens is 270 g/mol. The van der Waals surface area contributed by atoms with Gasteiger partial charge in [0.2, 0.25) is 11.8 Å². The van der Waals surface area contributed by atoms with Gasteiger partial charge in [-0.2, -0.15) is 0 Å². The number of aromatic nitrogens is 1. The Balaban J connectivity index is 1.94. The summed E-state index contributed by atoms with van der Waals surface area (Å²) in [5.41, 5.74) is 0. The Morgan fingerprint density at radius 3 is 2.90 bits per heavy atom. The molecule has 2 amide bonds. The highest BCUT2D eigenvalue weighted by Crippen LogP contribution is 2.29. The number of ether oxygens (including phenoxy) is 1. The first-order valence-electron chi connectivity index (χ1n) is 6.71. The van der Waals surface area contributed by atoms with Crippen molar-refractivity contribution in [1.29, 1.82) is 0 Å². The van der Waals surface area contributed by atoms with Crippen LogP contribution < -0.4 is 15.4 Å². The van der Waals surface area contributed by atoms with Crippen molar-refractivity contribution >= 4 is 28.4 Å². The molecule has 2 heterocycles. The van der Waals surface area contributed by atoms with Gasteiger partial charge in [-0.05, 0) is 18.6 Å². The minimum Gasteiger partial charge on any atom is -0.496 e. The summed E-state index contributed by atoms with van der Waals surface area (Å²) in [5, 5.41) is 7.24. The van der Waals surface area contributed by atoms with Crippen LogP contribution in [0.4, 0.5) is 5.82 Å². The van der Waals surface area contributed by atoms with E-state index in [0.717, 1.165) is 16.5 Å². The molecule has 0 spiro atoms. The van der Waals surface area contributed by atoms with E-state index in [1.165, 1.54) is 0 Å². The molecule has 0 aliphatic carbocycles. The van der Waals surface area contributed by atoms with Crippen LogP contribution >= 0.6 is 0 Å². The minimum absolute atomic E-state index is 0.231. The zero-order chi connectivity index (χ0) is 14.8. The molecule has 1 aromatic carbocycles. The number of hydrogen-bond acceptors (Lipinski definition) is 5. The van der Waals surface area contributed by atoms with Crippen LogP contribution in [0.5, 0.6) is 5.75 Å². The van der Waals surface area contributed by atoms with Gasteiger partial charge in [0.15, 0.2) is 0 Å². The third kappa shape index (κ3) is 2.52. The number of nitrogens with zero attached hydrogens (tertiary/aromatic N) is 1. The molecule has 6 nitrogen and oxygen atoms in total. The maximum atomic E-state index is 11.8. The molecule has 0 saturated carbocycles. The Hall–Kier alpha value is -2.63. The SMILES string of the molecule is COc1cccc2c(NC3CCC(=O)NC3=O)nccc12. The lowest BCUT2D eigenvalue weighted by atomic mass is 10.1. The first-order valence-corrected chi connectivity index (χ1v) is 6.71. The quantitative estimate of drug-likeness (QED) is 0.835. The van der Waals surface area contributed by atoms with Crippen LogP contribution in [-0.4, -0.2) is 29.9 Å². The van der Waals surface area contributed by atoms with Crippen molar-refractivity contribution in [3.8, 4) is 5.75 Å². The van der Waals surface area contributed by atoms with Gasteiger partial charge < -0.3 is 10.1 Å². The lowest BCUT2D eigenvalue weighted by Crippen LogP contribution is -2.47. The lowest BCUT2D eigenvalue weighted by molar-refractivity contribution is -0.133. The normalized spacial score (nSPS) is 18.4. The zero-order valence-electron chi connectivity index (χ0n) is 11.6.